The smallest absolute Gasteiger partial charge is 0.244 e. The Labute approximate surface area is 93.9 Å². The second kappa shape index (κ2) is 4.61. The lowest BCUT2D eigenvalue weighted by molar-refractivity contribution is -0.135. The second-order valence-corrected chi connectivity index (χ2v) is 4.27. The predicted molar refractivity (Wildman–Crippen MR) is 56.4 cm³/mol. The highest BCUT2D eigenvalue weighted by Gasteiger charge is 2.27. The molecule has 0 radical (unpaired) electrons. The van der Waals surface area contributed by atoms with Gasteiger partial charge < -0.3 is 10.0 Å². The Balaban J connectivity index is 1.90. The third-order valence-corrected chi connectivity index (χ3v) is 2.98. The van der Waals surface area contributed by atoms with Crippen LogP contribution in [0.15, 0.2) is 12.4 Å². The zero-order valence-electron chi connectivity index (χ0n) is 9.28. The van der Waals surface area contributed by atoms with Crippen LogP contribution in [0.25, 0.3) is 0 Å². The van der Waals surface area contributed by atoms with E-state index in [1.54, 1.807) is 17.3 Å². The molecule has 0 bridgehead atoms. The number of nitrogens with zero attached hydrogens (tertiary/aromatic N) is 4. The zero-order valence-corrected chi connectivity index (χ0v) is 9.28. The molecule has 2 atom stereocenters. The molecule has 16 heavy (non-hydrogen) atoms. The van der Waals surface area contributed by atoms with Crippen LogP contribution in [0.3, 0.4) is 0 Å². The Hall–Kier alpha value is -1.43. The normalized spacial score (nSPS) is 25.8. The van der Waals surface area contributed by atoms with Crippen molar-refractivity contribution in [2.45, 2.75) is 26.0 Å². The molecule has 0 spiro atoms. The van der Waals surface area contributed by atoms with Gasteiger partial charge in [0.25, 0.3) is 0 Å². The third-order valence-electron chi connectivity index (χ3n) is 2.98. The van der Waals surface area contributed by atoms with Crippen molar-refractivity contribution in [3.05, 3.63) is 12.4 Å². The standard InChI is InChI=1S/C10H16N4O2/c1-8-6-13(4-2-9(8)15)10(16)7-14-5-3-11-12-14/h3,5,8-9,15H,2,4,6-7H2,1H3. The summed E-state index contributed by atoms with van der Waals surface area (Å²) in [6.07, 6.45) is 3.59. The molecule has 1 aliphatic heterocycles. The molecule has 1 aromatic heterocycles. The summed E-state index contributed by atoms with van der Waals surface area (Å²) in [5, 5.41) is 17.0. The molecule has 1 aliphatic rings. The third kappa shape index (κ3) is 2.38. The van der Waals surface area contributed by atoms with Crippen molar-refractivity contribution >= 4 is 5.91 Å². The fraction of sp³-hybridized carbons (Fsp3) is 0.700. The number of hydrogen-bond donors (Lipinski definition) is 1. The minimum Gasteiger partial charge on any atom is -0.393 e. The van der Waals surface area contributed by atoms with E-state index in [1.807, 2.05) is 6.92 Å². The minimum absolute atomic E-state index is 0.0317. The second-order valence-electron chi connectivity index (χ2n) is 4.27. The van der Waals surface area contributed by atoms with Crippen LogP contribution in [0.4, 0.5) is 0 Å². The average molecular weight is 224 g/mol. The number of rotatable bonds is 2. The maximum Gasteiger partial charge on any atom is 0.244 e. The molecule has 2 unspecified atom stereocenters. The number of hydrogen-bond acceptors (Lipinski definition) is 4. The highest BCUT2D eigenvalue weighted by Crippen LogP contribution is 2.16. The van der Waals surface area contributed by atoms with Crippen LogP contribution in [0.2, 0.25) is 0 Å². The van der Waals surface area contributed by atoms with Crippen molar-refractivity contribution in [3.8, 4) is 0 Å². The van der Waals surface area contributed by atoms with Crippen molar-refractivity contribution < 1.29 is 9.90 Å². The Morgan fingerprint density at radius 2 is 2.44 bits per heavy atom. The molecule has 1 saturated heterocycles. The monoisotopic (exact) mass is 224 g/mol. The van der Waals surface area contributed by atoms with E-state index in [-0.39, 0.29) is 24.5 Å². The largest absolute Gasteiger partial charge is 0.393 e. The molecular formula is C10H16N4O2. The summed E-state index contributed by atoms with van der Waals surface area (Å²) < 4.78 is 1.51. The Kier molecular flexibility index (Phi) is 3.19. The number of aromatic nitrogens is 3. The Morgan fingerprint density at radius 3 is 3.06 bits per heavy atom. The van der Waals surface area contributed by atoms with Gasteiger partial charge in [0, 0.05) is 19.3 Å². The fourth-order valence-corrected chi connectivity index (χ4v) is 1.92. The van der Waals surface area contributed by atoms with Crippen molar-refractivity contribution in [1.29, 1.82) is 0 Å². The maximum atomic E-state index is 11.9. The predicted octanol–water partition coefficient (Wildman–Crippen LogP) is -0.493. The number of piperidine rings is 1. The first kappa shape index (κ1) is 11.1. The topological polar surface area (TPSA) is 71.2 Å². The van der Waals surface area contributed by atoms with Gasteiger partial charge in [-0.3, -0.25) is 4.79 Å². The molecule has 2 heterocycles. The quantitative estimate of drug-likeness (QED) is 0.735. The van der Waals surface area contributed by atoms with E-state index >= 15 is 0 Å². The van der Waals surface area contributed by atoms with Gasteiger partial charge in [-0.2, -0.15) is 0 Å². The first-order valence-corrected chi connectivity index (χ1v) is 5.47. The van der Waals surface area contributed by atoms with E-state index in [4.69, 9.17) is 0 Å². The summed E-state index contributed by atoms with van der Waals surface area (Å²) in [7, 11) is 0. The van der Waals surface area contributed by atoms with E-state index in [9.17, 15) is 9.90 Å². The van der Waals surface area contributed by atoms with E-state index in [0.717, 1.165) is 0 Å². The van der Waals surface area contributed by atoms with Gasteiger partial charge in [-0.1, -0.05) is 12.1 Å². The van der Waals surface area contributed by atoms with E-state index in [2.05, 4.69) is 10.3 Å². The molecule has 1 aromatic rings. The van der Waals surface area contributed by atoms with Gasteiger partial charge in [0.2, 0.25) is 5.91 Å². The lowest BCUT2D eigenvalue weighted by Crippen LogP contribution is -2.46. The van der Waals surface area contributed by atoms with Crippen molar-refractivity contribution in [2.24, 2.45) is 5.92 Å². The summed E-state index contributed by atoms with van der Waals surface area (Å²) in [5.41, 5.74) is 0. The van der Waals surface area contributed by atoms with Crippen molar-refractivity contribution in [3.63, 3.8) is 0 Å². The average Bonchev–Trinajstić information content (AvgIpc) is 2.74. The highest BCUT2D eigenvalue weighted by molar-refractivity contribution is 5.76. The lowest BCUT2D eigenvalue weighted by Gasteiger charge is -2.34. The van der Waals surface area contributed by atoms with Gasteiger partial charge >= 0.3 is 0 Å². The van der Waals surface area contributed by atoms with E-state index in [1.165, 1.54) is 4.68 Å². The van der Waals surface area contributed by atoms with Gasteiger partial charge in [0.15, 0.2) is 0 Å². The molecule has 0 saturated carbocycles. The van der Waals surface area contributed by atoms with Crippen LogP contribution < -0.4 is 0 Å². The van der Waals surface area contributed by atoms with Gasteiger partial charge in [-0.05, 0) is 12.3 Å². The molecule has 1 N–H and O–H groups in total. The minimum atomic E-state index is -0.282. The number of aliphatic hydroxyl groups is 1. The van der Waals surface area contributed by atoms with Gasteiger partial charge in [0.05, 0.1) is 12.3 Å². The molecule has 0 aliphatic carbocycles. The van der Waals surface area contributed by atoms with Crippen LogP contribution in [0.1, 0.15) is 13.3 Å². The highest BCUT2D eigenvalue weighted by atomic mass is 16.3. The maximum absolute atomic E-state index is 11.9. The molecule has 2 rings (SSSR count). The number of aliphatic hydroxyl groups excluding tert-OH is 1. The zero-order chi connectivity index (χ0) is 11.5. The first-order chi connectivity index (χ1) is 7.66. The van der Waals surface area contributed by atoms with E-state index in [0.29, 0.717) is 19.5 Å². The first-order valence-electron chi connectivity index (χ1n) is 5.47. The number of amides is 1. The SMILES string of the molecule is CC1CN(C(=O)Cn2ccnn2)CCC1O. The molecule has 88 valence electrons. The lowest BCUT2D eigenvalue weighted by atomic mass is 9.97. The summed E-state index contributed by atoms with van der Waals surface area (Å²) in [6.45, 7) is 3.43. The summed E-state index contributed by atoms with van der Waals surface area (Å²) in [6, 6.07) is 0. The number of carbonyl (C=O) groups excluding carboxylic acids is 1. The molecule has 6 heteroatoms. The van der Waals surface area contributed by atoms with Gasteiger partial charge in [-0.15, -0.1) is 5.10 Å². The van der Waals surface area contributed by atoms with Crippen LogP contribution in [-0.2, 0) is 11.3 Å². The van der Waals surface area contributed by atoms with Gasteiger partial charge in [0.1, 0.15) is 6.54 Å². The van der Waals surface area contributed by atoms with Crippen LogP contribution in [-0.4, -0.2) is 50.1 Å². The molecule has 1 amide bonds. The summed E-state index contributed by atoms with van der Waals surface area (Å²) in [5.74, 6) is 0.178. The molecule has 1 fully saturated rings. The van der Waals surface area contributed by atoms with Gasteiger partial charge in [-0.25, -0.2) is 4.68 Å². The van der Waals surface area contributed by atoms with Crippen LogP contribution in [0, 0.1) is 5.92 Å². The number of carbonyl (C=O) groups is 1. The van der Waals surface area contributed by atoms with Crippen molar-refractivity contribution in [1.82, 2.24) is 19.9 Å². The molecule has 0 aromatic carbocycles. The fourth-order valence-electron chi connectivity index (χ4n) is 1.92. The number of likely N-dealkylation sites (tertiary alicyclic amines) is 1. The van der Waals surface area contributed by atoms with Crippen LogP contribution in [0.5, 0.6) is 0 Å². The Morgan fingerprint density at radius 1 is 1.62 bits per heavy atom. The molecular weight excluding hydrogens is 208 g/mol. The van der Waals surface area contributed by atoms with Crippen LogP contribution >= 0.6 is 0 Å². The molecule has 6 nitrogen and oxygen atoms in total. The van der Waals surface area contributed by atoms with Crippen molar-refractivity contribution in [2.75, 3.05) is 13.1 Å². The summed E-state index contributed by atoms with van der Waals surface area (Å²) in [4.78, 5) is 13.7. The Bertz CT molecular complexity index is 352. The summed E-state index contributed by atoms with van der Waals surface area (Å²) >= 11 is 0. The van der Waals surface area contributed by atoms with E-state index < -0.39 is 0 Å².